The molecule has 120 valence electrons. The number of phenolic OH excluding ortho intramolecular Hbond substituents is 1. The zero-order chi connectivity index (χ0) is 16.7. The summed E-state index contributed by atoms with van der Waals surface area (Å²) in [4.78, 5) is 32.8. The zero-order valence-electron chi connectivity index (χ0n) is 11.5. The van der Waals surface area contributed by atoms with Gasteiger partial charge in [0.25, 0.3) is 0 Å². The van der Waals surface area contributed by atoms with E-state index in [9.17, 15) is 19.5 Å². The Labute approximate surface area is 124 Å². The molecule has 1 atom stereocenters. The van der Waals surface area contributed by atoms with Gasteiger partial charge in [0.15, 0.2) is 24.2 Å². The summed E-state index contributed by atoms with van der Waals surface area (Å²) in [6.07, 6.45) is -1.47. The van der Waals surface area contributed by atoms with Crippen LogP contribution in [0.15, 0.2) is 18.2 Å². The molecule has 9 nitrogen and oxygen atoms in total. The number of esters is 1. The summed E-state index contributed by atoms with van der Waals surface area (Å²) >= 11 is 0. The number of aliphatic carboxylic acids is 2. The molecule has 1 aromatic carbocycles. The standard InChI is InChI=1S/C13H14O9/c1-20-9-4-7(2-3-8(9)14)12(21-5-10(15)16)13(19)22-6-11(17)18/h2-4,12,14H,5-6H2,1H3,(H,15,16)(H,17,18)/t12-/m1/s1. The van der Waals surface area contributed by atoms with Gasteiger partial charge in [-0.3, -0.25) is 0 Å². The molecule has 0 unspecified atom stereocenters. The fourth-order valence-electron chi connectivity index (χ4n) is 1.52. The topological polar surface area (TPSA) is 140 Å². The van der Waals surface area contributed by atoms with E-state index < -0.39 is 37.2 Å². The largest absolute Gasteiger partial charge is 0.504 e. The van der Waals surface area contributed by atoms with Crippen LogP contribution in [0.5, 0.6) is 11.5 Å². The van der Waals surface area contributed by atoms with E-state index in [1.807, 2.05) is 0 Å². The number of phenols is 1. The third-order valence-electron chi connectivity index (χ3n) is 2.43. The van der Waals surface area contributed by atoms with E-state index >= 15 is 0 Å². The lowest BCUT2D eigenvalue weighted by Crippen LogP contribution is -2.24. The molecule has 0 saturated carbocycles. The lowest BCUT2D eigenvalue weighted by atomic mass is 10.1. The lowest BCUT2D eigenvalue weighted by Gasteiger charge is -2.16. The second kappa shape index (κ2) is 7.84. The molecule has 1 rings (SSSR count). The molecule has 0 aliphatic heterocycles. The Morgan fingerprint density at radius 1 is 1.14 bits per heavy atom. The Morgan fingerprint density at radius 3 is 2.32 bits per heavy atom. The van der Waals surface area contributed by atoms with Crippen molar-refractivity contribution in [3.8, 4) is 11.5 Å². The molecule has 9 heteroatoms. The van der Waals surface area contributed by atoms with Crippen molar-refractivity contribution in [3.63, 3.8) is 0 Å². The molecule has 1 aromatic rings. The quantitative estimate of drug-likeness (QED) is 0.573. The normalized spacial score (nSPS) is 11.5. The van der Waals surface area contributed by atoms with Crippen LogP contribution in [0.2, 0.25) is 0 Å². The van der Waals surface area contributed by atoms with E-state index in [-0.39, 0.29) is 17.1 Å². The molecule has 0 fully saturated rings. The summed E-state index contributed by atoms with van der Waals surface area (Å²) in [5.74, 6) is -3.92. The van der Waals surface area contributed by atoms with E-state index in [1.165, 1.54) is 25.3 Å². The molecule has 0 heterocycles. The molecule has 0 spiro atoms. The van der Waals surface area contributed by atoms with Gasteiger partial charge in [0, 0.05) is 0 Å². The molecule has 3 N–H and O–H groups in total. The SMILES string of the molecule is COc1cc([C@@H](OCC(=O)O)C(=O)OCC(=O)O)ccc1O. The molecule has 22 heavy (non-hydrogen) atoms. The Kier molecular flexibility index (Phi) is 6.14. The highest BCUT2D eigenvalue weighted by atomic mass is 16.6. The van der Waals surface area contributed by atoms with Crippen molar-refractivity contribution in [1.29, 1.82) is 0 Å². The number of carbonyl (C=O) groups is 3. The van der Waals surface area contributed by atoms with E-state index in [1.54, 1.807) is 0 Å². The van der Waals surface area contributed by atoms with Crippen LogP contribution < -0.4 is 4.74 Å². The van der Waals surface area contributed by atoms with Gasteiger partial charge in [-0.1, -0.05) is 6.07 Å². The molecule has 0 saturated heterocycles. The minimum atomic E-state index is -1.47. The number of hydrogen-bond donors (Lipinski definition) is 3. The van der Waals surface area contributed by atoms with Gasteiger partial charge < -0.3 is 29.5 Å². The van der Waals surface area contributed by atoms with Gasteiger partial charge in [-0.25, -0.2) is 14.4 Å². The smallest absolute Gasteiger partial charge is 0.341 e. The summed E-state index contributed by atoms with van der Waals surface area (Å²) < 4.78 is 14.3. The van der Waals surface area contributed by atoms with E-state index in [4.69, 9.17) is 19.7 Å². The Morgan fingerprint density at radius 2 is 1.77 bits per heavy atom. The van der Waals surface area contributed by atoms with Gasteiger partial charge in [0.1, 0.15) is 6.61 Å². The van der Waals surface area contributed by atoms with Gasteiger partial charge >= 0.3 is 17.9 Å². The number of carbonyl (C=O) groups excluding carboxylic acids is 1. The van der Waals surface area contributed by atoms with Gasteiger partial charge in [0.2, 0.25) is 0 Å². The first-order chi connectivity index (χ1) is 10.3. The van der Waals surface area contributed by atoms with Gasteiger partial charge in [0.05, 0.1) is 7.11 Å². The number of carboxylic acid groups (broad SMARTS) is 2. The molecule has 0 bridgehead atoms. The number of rotatable bonds is 8. The monoisotopic (exact) mass is 314 g/mol. The average molecular weight is 314 g/mol. The van der Waals surface area contributed by atoms with Crippen molar-refractivity contribution in [1.82, 2.24) is 0 Å². The zero-order valence-corrected chi connectivity index (χ0v) is 11.5. The fourth-order valence-corrected chi connectivity index (χ4v) is 1.52. The molecule has 0 amide bonds. The van der Waals surface area contributed by atoms with Crippen LogP contribution in [0.25, 0.3) is 0 Å². The van der Waals surface area contributed by atoms with Crippen molar-refractivity contribution in [3.05, 3.63) is 23.8 Å². The average Bonchev–Trinajstić information content (AvgIpc) is 2.46. The number of ether oxygens (including phenoxy) is 3. The van der Waals surface area contributed by atoms with Gasteiger partial charge in [-0.2, -0.15) is 0 Å². The van der Waals surface area contributed by atoms with Crippen LogP contribution in [-0.2, 0) is 23.9 Å². The Hall–Kier alpha value is -2.81. The van der Waals surface area contributed by atoms with E-state index in [0.717, 1.165) is 0 Å². The van der Waals surface area contributed by atoms with Crippen molar-refractivity contribution < 1.29 is 43.9 Å². The number of carboxylic acids is 2. The predicted octanol–water partition coefficient (Wildman–Crippen LogP) is 0.171. The minimum absolute atomic E-state index is 0.0347. The van der Waals surface area contributed by atoms with Crippen LogP contribution in [0.1, 0.15) is 11.7 Å². The third-order valence-corrected chi connectivity index (χ3v) is 2.43. The first-order valence-corrected chi connectivity index (χ1v) is 5.94. The summed E-state index contributed by atoms with van der Waals surface area (Å²) in [6, 6.07) is 3.77. The van der Waals surface area contributed by atoms with Crippen molar-refractivity contribution >= 4 is 17.9 Å². The molecular weight excluding hydrogens is 300 g/mol. The fraction of sp³-hybridized carbons (Fsp3) is 0.308. The number of benzene rings is 1. The maximum absolute atomic E-state index is 11.8. The third kappa shape index (κ3) is 4.94. The highest BCUT2D eigenvalue weighted by Gasteiger charge is 2.26. The van der Waals surface area contributed by atoms with Crippen molar-refractivity contribution in [2.24, 2.45) is 0 Å². The summed E-state index contributed by atoms with van der Waals surface area (Å²) in [6.45, 7) is -1.68. The van der Waals surface area contributed by atoms with Crippen molar-refractivity contribution in [2.75, 3.05) is 20.3 Å². The highest BCUT2D eigenvalue weighted by molar-refractivity contribution is 5.80. The summed E-state index contributed by atoms with van der Waals surface area (Å²) in [7, 11) is 1.29. The van der Waals surface area contributed by atoms with Gasteiger partial charge in [-0.05, 0) is 17.7 Å². The molecular formula is C13H14O9. The molecule has 0 aromatic heterocycles. The number of hydrogen-bond acceptors (Lipinski definition) is 7. The minimum Gasteiger partial charge on any atom is -0.504 e. The van der Waals surface area contributed by atoms with Crippen LogP contribution in [0.3, 0.4) is 0 Å². The second-order valence-electron chi connectivity index (χ2n) is 4.02. The maximum atomic E-state index is 11.8. The summed E-state index contributed by atoms with van der Waals surface area (Å²) in [5, 5.41) is 26.6. The first-order valence-electron chi connectivity index (χ1n) is 5.94. The van der Waals surface area contributed by atoms with Gasteiger partial charge in [-0.15, -0.1) is 0 Å². The Balaban J connectivity index is 3.00. The highest BCUT2D eigenvalue weighted by Crippen LogP contribution is 2.30. The van der Waals surface area contributed by atoms with E-state index in [0.29, 0.717) is 0 Å². The Bertz CT molecular complexity index is 567. The van der Waals surface area contributed by atoms with Crippen molar-refractivity contribution in [2.45, 2.75) is 6.10 Å². The van der Waals surface area contributed by atoms with Crippen LogP contribution in [-0.4, -0.2) is 53.6 Å². The van der Waals surface area contributed by atoms with Crippen LogP contribution >= 0.6 is 0 Å². The van der Waals surface area contributed by atoms with E-state index in [2.05, 4.69) is 4.74 Å². The molecule has 0 radical (unpaired) electrons. The second-order valence-corrected chi connectivity index (χ2v) is 4.02. The summed E-state index contributed by atoms with van der Waals surface area (Å²) in [5.41, 5.74) is 0.145. The first kappa shape index (κ1) is 17.2. The molecule has 0 aliphatic carbocycles. The predicted molar refractivity (Wildman–Crippen MR) is 69.6 cm³/mol. The maximum Gasteiger partial charge on any atom is 0.341 e. The number of methoxy groups -OCH3 is 1. The van der Waals surface area contributed by atoms with Crippen LogP contribution in [0, 0.1) is 0 Å². The van der Waals surface area contributed by atoms with Crippen LogP contribution in [0.4, 0.5) is 0 Å². The number of aromatic hydroxyl groups is 1. The molecule has 0 aliphatic rings. The lowest BCUT2D eigenvalue weighted by molar-refractivity contribution is -0.167.